The van der Waals surface area contributed by atoms with Crippen LogP contribution in [0, 0.1) is 0 Å². The van der Waals surface area contributed by atoms with Crippen LogP contribution in [-0.2, 0) is 14.9 Å². The maximum absolute atomic E-state index is 10.8. The van der Waals surface area contributed by atoms with Gasteiger partial charge in [-0.2, -0.15) is 8.42 Å². The molecule has 0 aromatic heterocycles. The van der Waals surface area contributed by atoms with Gasteiger partial charge in [-0.25, -0.2) is 0 Å². The molecule has 0 rings (SSSR count). The number of hydrogen-bond acceptors (Lipinski definition) is 4. The highest BCUT2D eigenvalue weighted by atomic mass is 32.2. The van der Waals surface area contributed by atoms with Crippen LogP contribution in [0.2, 0.25) is 0 Å². The van der Waals surface area contributed by atoms with Gasteiger partial charge in [0.2, 0.25) is 0 Å². The first-order valence-corrected chi connectivity index (χ1v) is 9.36. The lowest BCUT2D eigenvalue weighted by molar-refractivity contribution is -0.925. The second-order valence-corrected chi connectivity index (χ2v) is 7.16. The van der Waals surface area contributed by atoms with Crippen LogP contribution in [0.5, 0.6) is 0 Å². The molecule has 0 saturated heterocycles. The first-order valence-electron chi connectivity index (χ1n) is 7.75. The highest BCUT2D eigenvalue weighted by Gasteiger charge is 2.23. The number of nitrogens with one attached hydrogen (secondary N) is 1. The second-order valence-electron chi connectivity index (χ2n) is 5.59. The molecule has 0 aromatic rings. The summed E-state index contributed by atoms with van der Waals surface area (Å²) in [5.74, 6) is -0.167. The summed E-state index contributed by atoms with van der Waals surface area (Å²) < 4.78 is 31.3. The molecule has 0 amide bonds. The van der Waals surface area contributed by atoms with Crippen LogP contribution in [0.4, 0.5) is 0 Å². The van der Waals surface area contributed by atoms with Gasteiger partial charge in [-0.3, -0.25) is 4.55 Å². The minimum Gasteiger partial charge on any atom is -0.324 e. The van der Waals surface area contributed by atoms with E-state index in [1.165, 1.54) is 0 Å². The second kappa shape index (κ2) is 10.3. The Balaban J connectivity index is 4.23. The highest BCUT2D eigenvalue weighted by Crippen LogP contribution is 2.12. The summed E-state index contributed by atoms with van der Waals surface area (Å²) in [6.07, 6.45) is 4.24. The SMILES string of the molecule is CC[N+](CC)(CCCC[C@H](C=O)NC)CCCS(=O)(=O)O. The third kappa shape index (κ3) is 9.18. The largest absolute Gasteiger partial charge is 0.324 e. The molecular formula is C14H31N2O4S+. The van der Waals surface area contributed by atoms with Crippen LogP contribution in [0.3, 0.4) is 0 Å². The average Bonchev–Trinajstić information content (AvgIpc) is 2.44. The number of unbranched alkanes of at least 4 members (excludes halogenated alkanes) is 1. The number of carbonyl (C=O) groups excluding carboxylic acids is 1. The van der Waals surface area contributed by atoms with Crippen LogP contribution < -0.4 is 5.32 Å². The number of hydrogen-bond donors (Lipinski definition) is 2. The van der Waals surface area contributed by atoms with E-state index in [0.29, 0.717) is 6.42 Å². The summed E-state index contributed by atoms with van der Waals surface area (Å²) in [7, 11) is -2.08. The maximum atomic E-state index is 10.8. The van der Waals surface area contributed by atoms with Crippen molar-refractivity contribution >= 4 is 16.4 Å². The molecule has 0 heterocycles. The van der Waals surface area contributed by atoms with E-state index in [1.807, 2.05) is 0 Å². The van der Waals surface area contributed by atoms with Gasteiger partial charge in [0.25, 0.3) is 10.1 Å². The van der Waals surface area contributed by atoms with Crippen molar-refractivity contribution in [1.29, 1.82) is 0 Å². The van der Waals surface area contributed by atoms with E-state index in [2.05, 4.69) is 19.2 Å². The van der Waals surface area contributed by atoms with Crippen molar-refractivity contribution in [3.05, 3.63) is 0 Å². The van der Waals surface area contributed by atoms with Gasteiger partial charge < -0.3 is 14.6 Å². The quantitative estimate of drug-likeness (QED) is 0.229. The molecule has 7 heteroatoms. The molecule has 2 N–H and O–H groups in total. The Kier molecular flexibility index (Phi) is 10.0. The van der Waals surface area contributed by atoms with Crippen LogP contribution in [0.25, 0.3) is 0 Å². The third-order valence-corrected chi connectivity index (χ3v) is 5.11. The lowest BCUT2D eigenvalue weighted by Gasteiger charge is -2.37. The molecule has 0 bridgehead atoms. The first kappa shape index (κ1) is 20.5. The Morgan fingerprint density at radius 1 is 1.14 bits per heavy atom. The lowest BCUT2D eigenvalue weighted by atomic mass is 10.1. The molecule has 126 valence electrons. The zero-order valence-electron chi connectivity index (χ0n) is 13.5. The summed E-state index contributed by atoms with van der Waals surface area (Å²) in [4.78, 5) is 10.7. The van der Waals surface area contributed by atoms with E-state index in [-0.39, 0.29) is 11.8 Å². The smallest absolute Gasteiger partial charge is 0.265 e. The molecule has 0 spiro atoms. The topological polar surface area (TPSA) is 83.5 Å². The van der Waals surface area contributed by atoms with Crippen molar-refractivity contribution in [1.82, 2.24) is 5.32 Å². The van der Waals surface area contributed by atoms with E-state index in [1.54, 1.807) is 7.05 Å². The summed E-state index contributed by atoms with van der Waals surface area (Å²) in [5.41, 5.74) is 0. The summed E-state index contributed by atoms with van der Waals surface area (Å²) in [6.45, 7) is 7.86. The van der Waals surface area contributed by atoms with Crippen molar-refractivity contribution in [3.63, 3.8) is 0 Å². The minimum absolute atomic E-state index is 0.0744. The number of nitrogens with zero attached hydrogens (tertiary/aromatic N) is 1. The predicted molar refractivity (Wildman–Crippen MR) is 84.9 cm³/mol. The van der Waals surface area contributed by atoms with Crippen molar-refractivity contribution in [2.45, 2.75) is 45.6 Å². The van der Waals surface area contributed by atoms with Crippen LogP contribution in [0.15, 0.2) is 0 Å². The fourth-order valence-corrected chi connectivity index (χ4v) is 3.14. The Bertz CT molecular complexity index is 380. The molecule has 21 heavy (non-hydrogen) atoms. The van der Waals surface area contributed by atoms with Gasteiger partial charge in [0.05, 0.1) is 38.0 Å². The maximum Gasteiger partial charge on any atom is 0.265 e. The number of aldehydes is 1. The fraction of sp³-hybridized carbons (Fsp3) is 0.929. The van der Waals surface area contributed by atoms with Gasteiger partial charge in [-0.05, 0) is 40.2 Å². The van der Waals surface area contributed by atoms with Gasteiger partial charge >= 0.3 is 0 Å². The molecule has 0 saturated carbocycles. The zero-order valence-corrected chi connectivity index (χ0v) is 14.4. The van der Waals surface area contributed by atoms with E-state index in [9.17, 15) is 13.2 Å². The summed E-state index contributed by atoms with van der Waals surface area (Å²) in [5, 5.41) is 2.96. The fourth-order valence-electron chi connectivity index (χ4n) is 2.64. The monoisotopic (exact) mass is 323 g/mol. The Hall–Kier alpha value is -0.500. The molecule has 0 aliphatic heterocycles. The van der Waals surface area contributed by atoms with Gasteiger partial charge in [0.15, 0.2) is 0 Å². The Labute approximate surface area is 129 Å². The van der Waals surface area contributed by atoms with Crippen LogP contribution >= 0.6 is 0 Å². The number of quaternary nitrogens is 1. The summed E-state index contributed by atoms with van der Waals surface area (Å²) >= 11 is 0. The Morgan fingerprint density at radius 3 is 2.14 bits per heavy atom. The van der Waals surface area contributed by atoms with Crippen molar-refractivity contribution in [2.24, 2.45) is 0 Å². The predicted octanol–water partition coefficient (Wildman–Crippen LogP) is 1.08. The first-order chi connectivity index (χ1) is 9.82. The van der Waals surface area contributed by atoms with E-state index in [4.69, 9.17) is 4.55 Å². The number of rotatable bonds is 13. The molecule has 0 fully saturated rings. The van der Waals surface area contributed by atoms with E-state index in [0.717, 1.165) is 56.2 Å². The Morgan fingerprint density at radius 2 is 1.71 bits per heavy atom. The molecule has 0 aliphatic carbocycles. The third-order valence-electron chi connectivity index (χ3n) is 4.31. The number of likely N-dealkylation sites (N-methyl/N-ethyl adjacent to an activating group) is 1. The van der Waals surface area contributed by atoms with Crippen molar-refractivity contribution < 1.29 is 22.2 Å². The van der Waals surface area contributed by atoms with Crippen LogP contribution in [0.1, 0.15) is 39.5 Å². The minimum atomic E-state index is -3.86. The van der Waals surface area contributed by atoms with Gasteiger partial charge in [-0.15, -0.1) is 0 Å². The molecule has 0 radical (unpaired) electrons. The lowest BCUT2D eigenvalue weighted by Crippen LogP contribution is -2.49. The molecule has 0 aromatic carbocycles. The molecule has 1 atom stereocenters. The van der Waals surface area contributed by atoms with Crippen molar-refractivity contribution in [3.8, 4) is 0 Å². The number of carbonyl (C=O) groups is 1. The average molecular weight is 323 g/mol. The molecule has 0 unspecified atom stereocenters. The molecule has 6 nitrogen and oxygen atoms in total. The van der Waals surface area contributed by atoms with Crippen LogP contribution in [-0.4, -0.2) is 68.8 Å². The molecule has 0 aliphatic rings. The van der Waals surface area contributed by atoms with Crippen molar-refractivity contribution in [2.75, 3.05) is 39.0 Å². The van der Waals surface area contributed by atoms with E-state index < -0.39 is 10.1 Å². The highest BCUT2D eigenvalue weighted by molar-refractivity contribution is 7.85. The zero-order chi connectivity index (χ0) is 16.4. The van der Waals surface area contributed by atoms with Gasteiger partial charge in [0.1, 0.15) is 6.29 Å². The van der Waals surface area contributed by atoms with E-state index >= 15 is 0 Å². The normalized spacial score (nSPS) is 14.1. The standard InChI is InChI=1S/C14H30N2O4S/c1-4-16(5-2,11-8-12-21(18,19)20)10-7-6-9-14(13-17)15-3/h13-15H,4-12H2,1-3H3/p+1/t14-/m1/s1. The summed E-state index contributed by atoms with van der Waals surface area (Å²) in [6, 6.07) is -0.0744. The molecular weight excluding hydrogens is 292 g/mol. The van der Waals surface area contributed by atoms with Gasteiger partial charge in [0, 0.05) is 6.42 Å². The van der Waals surface area contributed by atoms with Gasteiger partial charge in [-0.1, -0.05) is 0 Å².